The van der Waals surface area contributed by atoms with Crippen LogP contribution in [0.15, 0.2) is 71.3 Å². The van der Waals surface area contributed by atoms with Crippen LogP contribution in [0, 0.1) is 0 Å². The van der Waals surface area contributed by atoms with E-state index in [0.717, 1.165) is 5.75 Å². The van der Waals surface area contributed by atoms with Gasteiger partial charge in [-0.25, -0.2) is 4.79 Å². The standard InChI is InChI=1S/C22H20N2O6/c1-2-28-18-11-9-17(10-12-18)24-21(26)15-5-7-16(8-6-15)23-20(25)14-30-22(27)19-4-3-13-29-19/h3-13H,2,14H2,1H3,(H,23,25)(H,24,26). The van der Waals surface area contributed by atoms with Gasteiger partial charge in [-0.05, 0) is 67.6 Å². The van der Waals surface area contributed by atoms with Crippen LogP contribution < -0.4 is 15.4 Å². The third-order valence-corrected chi connectivity index (χ3v) is 3.91. The molecule has 3 aromatic rings. The van der Waals surface area contributed by atoms with E-state index >= 15 is 0 Å². The van der Waals surface area contributed by atoms with Crippen molar-refractivity contribution in [1.82, 2.24) is 0 Å². The zero-order valence-corrected chi connectivity index (χ0v) is 16.2. The monoisotopic (exact) mass is 408 g/mol. The molecule has 0 saturated carbocycles. The predicted octanol–water partition coefficient (Wildman–Crippen LogP) is 3.73. The van der Waals surface area contributed by atoms with E-state index in [1.165, 1.54) is 12.3 Å². The zero-order valence-electron chi connectivity index (χ0n) is 16.2. The number of carbonyl (C=O) groups is 3. The molecule has 8 nitrogen and oxygen atoms in total. The van der Waals surface area contributed by atoms with Gasteiger partial charge < -0.3 is 24.5 Å². The summed E-state index contributed by atoms with van der Waals surface area (Å²) in [5.41, 5.74) is 1.53. The number of nitrogens with one attached hydrogen (secondary N) is 2. The summed E-state index contributed by atoms with van der Waals surface area (Å²) in [6.07, 6.45) is 1.34. The number of rotatable bonds is 8. The van der Waals surface area contributed by atoms with Crippen molar-refractivity contribution < 1.29 is 28.3 Å². The molecule has 2 N–H and O–H groups in total. The minimum atomic E-state index is -0.726. The molecule has 2 amide bonds. The number of furan rings is 1. The molecular formula is C22H20N2O6. The van der Waals surface area contributed by atoms with E-state index in [1.807, 2.05) is 6.92 Å². The van der Waals surface area contributed by atoms with Crippen molar-refractivity contribution in [3.63, 3.8) is 0 Å². The highest BCUT2D eigenvalue weighted by Crippen LogP contribution is 2.17. The molecule has 0 spiro atoms. The second-order valence-corrected chi connectivity index (χ2v) is 6.09. The molecule has 1 heterocycles. The van der Waals surface area contributed by atoms with Gasteiger partial charge in [0.1, 0.15) is 5.75 Å². The number of hydrogen-bond donors (Lipinski definition) is 2. The van der Waals surface area contributed by atoms with Crippen LogP contribution in [0.3, 0.4) is 0 Å². The fourth-order valence-corrected chi connectivity index (χ4v) is 2.50. The zero-order chi connectivity index (χ0) is 21.3. The van der Waals surface area contributed by atoms with Crippen molar-refractivity contribution >= 4 is 29.2 Å². The normalized spacial score (nSPS) is 10.2. The highest BCUT2D eigenvalue weighted by molar-refractivity contribution is 6.04. The second kappa shape index (κ2) is 9.92. The Morgan fingerprint density at radius 3 is 2.20 bits per heavy atom. The fraction of sp³-hybridized carbons (Fsp3) is 0.136. The van der Waals surface area contributed by atoms with Gasteiger partial charge in [0.25, 0.3) is 11.8 Å². The van der Waals surface area contributed by atoms with Crippen molar-refractivity contribution in [1.29, 1.82) is 0 Å². The predicted molar refractivity (Wildman–Crippen MR) is 110 cm³/mol. The lowest BCUT2D eigenvalue weighted by molar-refractivity contribution is -0.119. The lowest BCUT2D eigenvalue weighted by atomic mass is 10.2. The van der Waals surface area contributed by atoms with Crippen LogP contribution in [-0.2, 0) is 9.53 Å². The van der Waals surface area contributed by atoms with Gasteiger partial charge in [-0.1, -0.05) is 0 Å². The SMILES string of the molecule is CCOc1ccc(NC(=O)c2ccc(NC(=O)COC(=O)c3ccco3)cc2)cc1. The summed E-state index contributed by atoms with van der Waals surface area (Å²) >= 11 is 0. The quantitative estimate of drug-likeness (QED) is 0.550. The number of amides is 2. The summed E-state index contributed by atoms with van der Waals surface area (Å²) < 4.78 is 15.1. The first-order valence-corrected chi connectivity index (χ1v) is 9.20. The molecule has 3 rings (SSSR count). The molecule has 0 bridgehead atoms. The summed E-state index contributed by atoms with van der Waals surface area (Å²) in [6.45, 7) is 2.01. The van der Waals surface area contributed by atoms with Crippen LogP contribution in [0.4, 0.5) is 11.4 Å². The summed E-state index contributed by atoms with van der Waals surface area (Å²) in [6, 6.07) is 16.4. The number of benzene rings is 2. The van der Waals surface area contributed by atoms with Crippen LogP contribution in [0.25, 0.3) is 0 Å². The minimum absolute atomic E-state index is 0.0192. The summed E-state index contributed by atoms with van der Waals surface area (Å²) in [5, 5.41) is 5.37. The van der Waals surface area contributed by atoms with Crippen molar-refractivity contribution in [3.05, 3.63) is 78.3 Å². The second-order valence-electron chi connectivity index (χ2n) is 6.09. The fourth-order valence-electron chi connectivity index (χ4n) is 2.50. The van der Waals surface area contributed by atoms with Gasteiger partial charge in [-0.2, -0.15) is 0 Å². The molecule has 8 heteroatoms. The average Bonchev–Trinajstić information content (AvgIpc) is 3.29. The Labute approximate surface area is 172 Å². The van der Waals surface area contributed by atoms with E-state index in [2.05, 4.69) is 10.6 Å². The average molecular weight is 408 g/mol. The maximum absolute atomic E-state index is 12.4. The minimum Gasteiger partial charge on any atom is -0.494 e. The first-order valence-electron chi connectivity index (χ1n) is 9.20. The number of carbonyl (C=O) groups excluding carboxylic acids is 3. The smallest absolute Gasteiger partial charge is 0.374 e. The number of hydrogen-bond acceptors (Lipinski definition) is 6. The Balaban J connectivity index is 1.49. The molecule has 0 saturated heterocycles. The van der Waals surface area contributed by atoms with E-state index in [0.29, 0.717) is 23.5 Å². The Kier molecular flexibility index (Phi) is 6.83. The summed E-state index contributed by atoms with van der Waals surface area (Å²) in [7, 11) is 0. The van der Waals surface area contributed by atoms with Crippen LogP contribution in [0.2, 0.25) is 0 Å². The lowest BCUT2D eigenvalue weighted by Crippen LogP contribution is -2.20. The lowest BCUT2D eigenvalue weighted by Gasteiger charge is -2.09. The van der Waals surface area contributed by atoms with Crippen molar-refractivity contribution in [3.8, 4) is 5.75 Å². The maximum Gasteiger partial charge on any atom is 0.374 e. The molecule has 2 aromatic carbocycles. The molecule has 0 aliphatic rings. The first kappa shape index (κ1) is 20.7. The highest BCUT2D eigenvalue weighted by atomic mass is 16.5. The Morgan fingerprint density at radius 2 is 1.57 bits per heavy atom. The topological polar surface area (TPSA) is 107 Å². The largest absolute Gasteiger partial charge is 0.494 e. The third-order valence-electron chi connectivity index (χ3n) is 3.91. The Bertz CT molecular complexity index is 995. The summed E-state index contributed by atoms with van der Waals surface area (Å²) in [5.74, 6) is -0.779. The van der Waals surface area contributed by atoms with Gasteiger partial charge in [0.05, 0.1) is 12.9 Å². The summed E-state index contributed by atoms with van der Waals surface area (Å²) in [4.78, 5) is 35.9. The number of anilines is 2. The number of ether oxygens (including phenoxy) is 2. The van der Waals surface area contributed by atoms with Crippen molar-refractivity contribution in [2.45, 2.75) is 6.92 Å². The van der Waals surface area contributed by atoms with Gasteiger partial charge in [0.15, 0.2) is 6.61 Å². The first-order chi connectivity index (χ1) is 14.5. The van der Waals surface area contributed by atoms with E-state index in [-0.39, 0.29) is 11.7 Å². The molecule has 30 heavy (non-hydrogen) atoms. The third kappa shape index (κ3) is 5.71. The maximum atomic E-state index is 12.4. The highest BCUT2D eigenvalue weighted by Gasteiger charge is 2.13. The molecule has 0 unspecified atom stereocenters. The van der Waals surface area contributed by atoms with Crippen LogP contribution in [-0.4, -0.2) is 31.0 Å². The Morgan fingerprint density at radius 1 is 0.900 bits per heavy atom. The van der Waals surface area contributed by atoms with E-state index < -0.39 is 18.5 Å². The molecule has 0 aliphatic carbocycles. The molecule has 0 aliphatic heterocycles. The van der Waals surface area contributed by atoms with Gasteiger partial charge in [0.2, 0.25) is 5.76 Å². The molecular weight excluding hydrogens is 388 g/mol. The molecule has 0 radical (unpaired) electrons. The van der Waals surface area contributed by atoms with Gasteiger partial charge in [-0.15, -0.1) is 0 Å². The van der Waals surface area contributed by atoms with E-state index in [4.69, 9.17) is 13.9 Å². The van der Waals surface area contributed by atoms with Crippen LogP contribution in [0.5, 0.6) is 5.75 Å². The molecule has 154 valence electrons. The van der Waals surface area contributed by atoms with Gasteiger partial charge >= 0.3 is 5.97 Å². The van der Waals surface area contributed by atoms with E-state index in [1.54, 1.807) is 54.6 Å². The van der Waals surface area contributed by atoms with Crippen LogP contribution in [0.1, 0.15) is 27.8 Å². The van der Waals surface area contributed by atoms with Crippen molar-refractivity contribution in [2.75, 3.05) is 23.8 Å². The van der Waals surface area contributed by atoms with Gasteiger partial charge in [-0.3, -0.25) is 9.59 Å². The van der Waals surface area contributed by atoms with Gasteiger partial charge in [0, 0.05) is 16.9 Å². The van der Waals surface area contributed by atoms with E-state index in [9.17, 15) is 14.4 Å². The number of esters is 1. The van der Waals surface area contributed by atoms with Crippen LogP contribution >= 0.6 is 0 Å². The molecule has 1 aromatic heterocycles. The Hall–Kier alpha value is -4.07. The molecule has 0 fully saturated rings. The van der Waals surface area contributed by atoms with Crippen molar-refractivity contribution in [2.24, 2.45) is 0 Å². The molecule has 0 atom stereocenters.